The fourth-order valence-corrected chi connectivity index (χ4v) is 2.30. The van der Waals surface area contributed by atoms with Crippen molar-refractivity contribution in [2.45, 2.75) is 13.3 Å². The summed E-state index contributed by atoms with van der Waals surface area (Å²) in [5.74, 6) is 0.752. The van der Waals surface area contributed by atoms with Crippen LogP contribution in [0.4, 0.5) is 11.4 Å². The van der Waals surface area contributed by atoms with Crippen molar-refractivity contribution in [2.75, 3.05) is 24.3 Å². The molecule has 0 saturated heterocycles. The first-order valence-electron chi connectivity index (χ1n) is 6.93. The van der Waals surface area contributed by atoms with E-state index in [0.29, 0.717) is 18.7 Å². The standard InChI is InChI=1S/C17H20N2O2/c1-3-19(15-9-6-8-14(18)12-15)17(20)11-13-7-4-5-10-16(13)21-2/h4-10,12H,3,11,18H2,1-2H3. The van der Waals surface area contributed by atoms with E-state index in [4.69, 9.17) is 10.5 Å². The number of methoxy groups -OCH3 is 1. The van der Waals surface area contributed by atoms with Crippen molar-refractivity contribution in [3.8, 4) is 5.75 Å². The third-order valence-electron chi connectivity index (χ3n) is 3.33. The Labute approximate surface area is 125 Å². The molecule has 4 nitrogen and oxygen atoms in total. The van der Waals surface area contributed by atoms with E-state index in [9.17, 15) is 4.79 Å². The van der Waals surface area contributed by atoms with E-state index in [0.717, 1.165) is 17.0 Å². The summed E-state index contributed by atoms with van der Waals surface area (Å²) in [4.78, 5) is 14.3. The Bertz CT molecular complexity index is 626. The van der Waals surface area contributed by atoms with Crippen molar-refractivity contribution >= 4 is 17.3 Å². The number of ether oxygens (including phenoxy) is 1. The molecule has 0 fully saturated rings. The number of anilines is 2. The van der Waals surface area contributed by atoms with Crippen LogP contribution in [0, 0.1) is 0 Å². The Morgan fingerprint density at radius 3 is 2.62 bits per heavy atom. The molecule has 0 atom stereocenters. The Morgan fingerprint density at radius 1 is 1.19 bits per heavy atom. The Morgan fingerprint density at radius 2 is 1.95 bits per heavy atom. The molecule has 4 heteroatoms. The summed E-state index contributed by atoms with van der Waals surface area (Å²) < 4.78 is 5.29. The van der Waals surface area contributed by atoms with Crippen LogP contribution in [-0.4, -0.2) is 19.6 Å². The average molecular weight is 284 g/mol. The van der Waals surface area contributed by atoms with Gasteiger partial charge in [-0.2, -0.15) is 0 Å². The van der Waals surface area contributed by atoms with Gasteiger partial charge in [0.1, 0.15) is 5.75 Å². The topological polar surface area (TPSA) is 55.6 Å². The van der Waals surface area contributed by atoms with Crippen LogP contribution in [0.25, 0.3) is 0 Å². The maximum atomic E-state index is 12.6. The lowest BCUT2D eigenvalue weighted by molar-refractivity contribution is -0.118. The number of nitrogens with two attached hydrogens (primary N) is 1. The van der Waals surface area contributed by atoms with Crippen LogP contribution in [0.5, 0.6) is 5.75 Å². The van der Waals surface area contributed by atoms with E-state index in [2.05, 4.69) is 0 Å². The van der Waals surface area contributed by atoms with Gasteiger partial charge in [0.2, 0.25) is 5.91 Å². The zero-order chi connectivity index (χ0) is 15.2. The van der Waals surface area contributed by atoms with Crippen molar-refractivity contribution in [1.29, 1.82) is 0 Å². The number of amides is 1. The number of hydrogen-bond donors (Lipinski definition) is 1. The van der Waals surface area contributed by atoms with Crippen LogP contribution in [0.1, 0.15) is 12.5 Å². The minimum absolute atomic E-state index is 0.0209. The summed E-state index contributed by atoms with van der Waals surface area (Å²) in [7, 11) is 1.61. The number of para-hydroxylation sites is 1. The van der Waals surface area contributed by atoms with Crippen molar-refractivity contribution in [3.63, 3.8) is 0 Å². The van der Waals surface area contributed by atoms with Gasteiger partial charge in [-0.25, -0.2) is 0 Å². The summed E-state index contributed by atoms with van der Waals surface area (Å²) in [6.07, 6.45) is 0.298. The Kier molecular flexibility index (Phi) is 4.82. The van der Waals surface area contributed by atoms with Crippen LogP contribution >= 0.6 is 0 Å². The maximum Gasteiger partial charge on any atom is 0.231 e. The fraction of sp³-hybridized carbons (Fsp3) is 0.235. The highest BCUT2D eigenvalue weighted by Gasteiger charge is 2.16. The number of benzene rings is 2. The highest BCUT2D eigenvalue weighted by Crippen LogP contribution is 2.22. The number of likely N-dealkylation sites (N-methyl/N-ethyl adjacent to an activating group) is 1. The SMILES string of the molecule is CCN(C(=O)Cc1ccccc1OC)c1cccc(N)c1. The van der Waals surface area contributed by atoms with Crippen LogP contribution < -0.4 is 15.4 Å². The van der Waals surface area contributed by atoms with Gasteiger partial charge in [-0.1, -0.05) is 24.3 Å². The molecular weight excluding hydrogens is 264 g/mol. The molecular formula is C17H20N2O2. The summed E-state index contributed by atoms with van der Waals surface area (Å²) in [6.45, 7) is 2.54. The van der Waals surface area contributed by atoms with Crippen LogP contribution in [0.15, 0.2) is 48.5 Å². The summed E-state index contributed by atoms with van der Waals surface area (Å²) in [5, 5.41) is 0. The lowest BCUT2D eigenvalue weighted by Gasteiger charge is -2.22. The number of nitrogens with zero attached hydrogens (tertiary/aromatic N) is 1. The molecule has 0 aliphatic rings. The first-order chi connectivity index (χ1) is 10.2. The molecule has 0 radical (unpaired) electrons. The van der Waals surface area contributed by atoms with E-state index in [1.54, 1.807) is 12.0 Å². The third-order valence-corrected chi connectivity index (χ3v) is 3.33. The van der Waals surface area contributed by atoms with E-state index in [1.165, 1.54) is 0 Å². The molecule has 21 heavy (non-hydrogen) atoms. The molecule has 110 valence electrons. The zero-order valence-corrected chi connectivity index (χ0v) is 12.4. The average Bonchev–Trinajstić information content (AvgIpc) is 2.48. The van der Waals surface area contributed by atoms with Gasteiger partial charge in [-0.3, -0.25) is 4.79 Å². The van der Waals surface area contributed by atoms with Crippen molar-refractivity contribution in [3.05, 3.63) is 54.1 Å². The smallest absolute Gasteiger partial charge is 0.231 e. The first-order valence-corrected chi connectivity index (χ1v) is 6.93. The fourth-order valence-electron chi connectivity index (χ4n) is 2.30. The highest BCUT2D eigenvalue weighted by atomic mass is 16.5. The van der Waals surface area contributed by atoms with Gasteiger partial charge in [-0.05, 0) is 31.2 Å². The maximum absolute atomic E-state index is 12.6. The quantitative estimate of drug-likeness (QED) is 0.859. The van der Waals surface area contributed by atoms with Gasteiger partial charge in [0.05, 0.1) is 13.5 Å². The molecule has 2 N–H and O–H groups in total. The van der Waals surface area contributed by atoms with Crippen LogP contribution in [-0.2, 0) is 11.2 Å². The molecule has 0 aliphatic carbocycles. The molecule has 2 aromatic carbocycles. The highest BCUT2D eigenvalue weighted by molar-refractivity contribution is 5.95. The lowest BCUT2D eigenvalue weighted by atomic mass is 10.1. The first kappa shape index (κ1) is 14.9. The molecule has 0 bridgehead atoms. The number of carbonyl (C=O) groups is 1. The van der Waals surface area contributed by atoms with E-state index in [1.807, 2.05) is 55.5 Å². The van der Waals surface area contributed by atoms with Gasteiger partial charge in [-0.15, -0.1) is 0 Å². The van der Waals surface area contributed by atoms with Crippen LogP contribution in [0.2, 0.25) is 0 Å². The van der Waals surface area contributed by atoms with Crippen molar-refractivity contribution < 1.29 is 9.53 Å². The summed E-state index contributed by atoms with van der Waals surface area (Å²) in [5.41, 5.74) is 8.14. The molecule has 0 aromatic heterocycles. The van der Waals surface area contributed by atoms with Gasteiger partial charge in [0.15, 0.2) is 0 Å². The lowest BCUT2D eigenvalue weighted by Crippen LogP contribution is -2.32. The van der Waals surface area contributed by atoms with Gasteiger partial charge < -0.3 is 15.4 Å². The molecule has 1 amide bonds. The zero-order valence-electron chi connectivity index (χ0n) is 12.4. The Balaban J connectivity index is 2.21. The van der Waals surface area contributed by atoms with Crippen LogP contribution in [0.3, 0.4) is 0 Å². The molecule has 2 rings (SSSR count). The minimum atomic E-state index is 0.0209. The second-order valence-electron chi connectivity index (χ2n) is 4.72. The summed E-state index contributed by atoms with van der Waals surface area (Å²) >= 11 is 0. The van der Waals surface area contributed by atoms with Crippen molar-refractivity contribution in [1.82, 2.24) is 0 Å². The number of nitrogen functional groups attached to an aromatic ring is 1. The molecule has 0 unspecified atom stereocenters. The monoisotopic (exact) mass is 284 g/mol. The number of hydrogen-bond acceptors (Lipinski definition) is 3. The van der Waals surface area contributed by atoms with E-state index >= 15 is 0 Å². The Hall–Kier alpha value is -2.49. The largest absolute Gasteiger partial charge is 0.496 e. The number of rotatable bonds is 5. The van der Waals surface area contributed by atoms with Gasteiger partial charge >= 0.3 is 0 Å². The second-order valence-corrected chi connectivity index (χ2v) is 4.72. The van der Waals surface area contributed by atoms with E-state index in [-0.39, 0.29) is 5.91 Å². The summed E-state index contributed by atoms with van der Waals surface area (Å²) in [6, 6.07) is 14.9. The predicted octanol–water partition coefficient (Wildman–Crippen LogP) is 2.87. The molecule has 2 aromatic rings. The minimum Gasteiger partial charge on any atom is -0.496 e. The second kappa shape index (κ2) is 6.79. The molecule has 0 spiro atoms. The van der Waals surface area contributed by atoms with Gasteiger partial charge in [0, 0.05) is 23.5 Å². The van der Waals surface area contributed by atoms with Crippen molar-refractivity contribution in [2.24, 2.45) is 0 Å². The normalized spacial score (nSPS) is 10.2. The van der Waals surface area contributed by atoms with Gasteiger partial charge in [0.25, 0.3) is 0 Å². The predicted molar refractivity (Wildman–Crippen MR) is 85.6 cm³/mol. The molecule has 0 heterocycles. The third kappa shape index (κ3) is 3.54. The molecule has 0 saturated carbocycles. The number of carbonyl (C=O) groups excluding carboxylic acids is 1. The van der Waals surface area contributed by atoms with E-state index < -0.39 is 0 Å². The molecule has 0 aliphatic heterocycles.